The molecule has 0 aromatic rings. The molecule has 0 aliphatic heterocycles. The van der Waals surface area contributed by atoms with Crippen molar-refractivity contribution in [1.82, 2.24) is 0 Å². The zero-order valence-corrected chi connectivity index (χ0v) is 20.0. The number of carboxylic acid groups (broad SMARTS) is 1. The first kappa shape index (κ1) is 29.8. The molecule has 0 saturated carbocycles. The van der Waals surface area contributed by atoms with Crippen LogP contribution >= 0.6 is 0 Å². The summed E-state index contributed by atoms with van der Waals surface area (Å²) in [5, 5.41) is 8.39. The number of unbranched alkanes of at least 4 members (excludes halogenated alkanes) is 9. The van der Waals surface area contributed by atoms with E-state index in [0.29, 0.717) is 6.42 Å². The molecule has 0 bridgehead atoms. The molecular formula is C19H33NaO7S. The van der Waals surface area contributed by atoms with Crippen molar-refractivity contribution in [2.75, 3.05) is 0 Å². The summed E-state index contributed by atoms with van der Waals surface area (Å²) in [6.07, 6.45) is 11.5. The molecule has 0 aromatic carbocycles. The third kappa shape index (κ3) is 15.5. The molecule has 1 N–H and O–H groups in total. The minimum Gasteiger partial charge on any atom is -0.550 e. The molecule has 0 amide bonds. The number of ether oxygens (including phenoxy) is 1. The van der Waals surface area contributed by atoms with Crippen LogP contribution in [0, 0.1) is 0 Å². The number of esters is 1. The van der Waals surface area contributed by atoms with E-state index < -0.39 is 39.8 Å². The molecule has 158 valence electrons. The summed E-state index contributed by atoms with van der Waals surface area (Å²) < 4.78 is 36.3. The second kappa shape index (κ2) is 17.4. The molecular weight excluding hydrogens is 395 g/mol. The summed E-state index contributed by atoms with van der Waals surface area (Å²) in [5.74, 6) is -3.07. The Morgan fingerprint density at radius 2 is 1.50 bits per heavy atom. The zero-order valence-electron chi connectivity index (χ0n) is 17.2. The van der Waals surface area contributed by atoms with Crippen LogP contribution in [0.5, 0.6) is 0 Å². The maximum Gasteiger partial charge on any atom is 1.00 e. The van der Waals surface area contributed by atoms with E-state index in [2.05, 4.69) is 13.5 Å². The standard InChI is InChI=1S/C19H34O7S.Na/c1-3-5-6-7-8-9-10-11-12-13-14-16(4-2)26-19(22)17(15-18(20)21)27(23,24)25;/h4,16-17H,2-3,5-15H2,1H3,(H,20,21)(H,23,24,25);/q;+1/p-1. The smallest absolute Gasteiger partial charge is 0.550 e. The molecule has 0 aliphatic carbocycles. The summed E-state index contributed by atoms with van der Waals surface area (Å²) >= 11 is 0. The molecule has 0 spiro atoms. The van der Waals surface area contributed by atoms with Gasteiger partial charge in [-0.05, 0) is 12.8 Å². The topological polar surface area (TPSA) is 121 Å². The Hall–Kier alpha value is -0.410. The molecule has 0 rings (SSSR count). The van der Waals surface area contributed by atoms with Gasteiger partial charge in [0.05, 0.1) is 0 Å². The van der Waals surface area contributed by atoms with Crippen molar-refractivity contribution >= 4 is 22.1 Å². The quantitative estimate of drug-likeness (QED) is 0.112. The van der Waals surface area contributed by atoms with Crippen LogP contribution in [0.2, 0.25) is 0 Å². The predicted molar refractivity (Wildman–Crippen MR) is 101 cm³/mol. The summed E-state index contributed by atoms with van der Waals surface area (Å²) in [5.41, 5.74) is 0. The maximum absolute atomic E-state index is 11.9. The van der Waals surface area contributed by atoms with Gasteiger partial charge >= 0.3 is 35.5 Å². The van der Waals surface area contributed by atoms with Gasteiger partial charge in [-0.3, -0.25) is 9.35 Å². The first-order valence-electron chi connectivity index (χ1n) is 9.71. The van der Waals surface area contributed by atoms with Gasteiger partial charge in [0, 0.05) is 12.4 Å². The van der Waals surface area contributed by atoms with E-state index in [-0.39, 0.29) is 29.6 Å². The van der Waals surface area contributed by atoms with Crippen LogP contribution in [0.1, 0.15) is 84.0 Å². The second-order valence-electron chi connectivity index (χ2n) is 6.76. The third-order valence-corrected chi connectivity index (χ3v) is 5.43. The number of carboxylic acids is 1. The third-order valence-electron chi connectivity index (χ3n) is 4.35. The predicted octanol–water partition coefficient (Wildman–Crippen LogP) is -0.204. The number of rotatable bonds is 17. The molecule has 0 aromatic heterocycles. The van der Waals surface area contributed by atoms with Gasteiger partial charge in [0.15, 0.2) is 5.25 Å². The number of carbonyl (C=O) groups is 2. The van der Waals surface area contributed by atoms with Crippen LogP contribution in [0.4, 0.5) is 0 Å². The molecule has 0 radical (unpaired) electrons. The van der Waals surface area contributed by atoms with Crippen LogP contribution in [-0.4, -0.2) is 36.3 Å². The van der Waals surface area contributed by atoms with Gasteiger partial charge in [-0.15, -0.1) is 0 Å². The van der Waals surface area contributed by atoms with E-state index in [4.69, 9.17) is 9.29 Å². The second-order valence-corrected chi connectivity index (χ2v) is 8.36. The molecule has 9 heteroatoms. The van der Waals surface area contributed by atoms with Crippen LogP contribution in [0.25, 0.3) is 0 Å². The molecule has 0 fully saturated rings. The van der Waals surface area contributed by atoms with E-state index in [1.165, 1.54) is 44.6 Å². The van der Waals surface area contributed by atoms with Crippen molar-refractivity contribution in [3.05, 3.63) is 12.7 Å². The maximum atomic E-state index is 11.9. The van der Waals surface area contributed by atoms with Gasteiger partial charge in [-0.25, -0.2) is 0 Å². The Morgan fingerprint density at radius 1 is 1.04 bits per heavy atom. The van der Waals surface area contributed by atoms with Gasteiger partial charge in [0.25, 0.3) is 10.1 Å². The van der Waals surface area contributed by atoms with Crippen LogP contribution in [0.3, 0.4) is 0 Å². The molecule has 7 nitrogen and oxygen atoms in total. The van der Waals surface area contributed by atoms with Crippen molar-refractivity contribution in [3.63, 3.8) is 0 Å². The molecule has 0 heterocycles. The molecule has 0 aliphatic rings. The van der Waals surface area contributed by atoms with Gasteiger partial charge in [0.1, 0.15) is 6.10 Å². The van der Waals surface area contributed by atoms with E-state index in [0.717, 1.165) is 25.7 Å². The molecule has 2 unspecified atom stereocenters. The monoisotopic (exact) mass is 428 g/mol. The fraction of sp³-hybridized carbons (Fsp3) is 0.789. The Balaban J connectivity index is 0. The minimum absolute atomic E-state index is 0. The number of aliphatic carboxylic acids is 1. The molecule has 28 heavy (non-hydrogen) atoms. The largest absolute Gasteiger partial charge is 1.00 e. The fourth-order valence-electron chi connectivity index (χ4n) is 2.74. The van der Waals surface area contributed by atoms with Crippen LogP contribution in [-0.2, 0) is 24.4 Å². The normalized spacial score (nSPS) is 13.2. The SMILES string of the molecule is C=CC(CCCCCCCCCCCC)OC(=O)C(CC(=O)[O-])S(=O)(=O)O.[Na+]. The minimum atomic E-state index is -4.89. The molecule has 0 saturated heterocycles. The van der Waals surface area contributed by atoms with Crippen molar-refractivity contribution < 1.29 is 62.0 Å². The zero-order chi connectivity index (χ0) is 20.7. The van der Waals surface area contributed by atoms with Gasteiger partial charge in [-0.2, -0.15) is 8.42 Å². The summed E-state index contributed by atoms with van der Waals surface area (Å²) in [6, 6.07) is 0. The average Bonchev–Trinajstić information content (AvgIpc) is 2.58. The van der Waals surface area contributed by atoms with E-state index in [1.54, 1.807) is 0 Å². The van der Waals surface area contributed by atoms with E-state index in [9.17, 15) is 23.1 Å². The van der Waals surface area contributed by atoms with Gasteiger partial charge < -0.3 is 14.6 Å². The summed E-state index contributed by atoms with van der Waals surface area (Å²) in [6.45, 7) is 5.74. The van der Waals surface area contributed by atoms with Gasteiger partial charge in [0.2, 0.25) is 0 Å². The van der Waals surface area contributed by atoms with E-state index in [1.807, 2.05) is 0 Å². The Labute approximate surface area is 191 Å². The van der Waals surface area contributed by atoms with Gasteiger partial charge in [-0.1, -0.05) is 77.4 Å². The molecule has 2 atom stereocenters. The van der Waals surface area contributed by atoms with Crippen LogP contribution in [0.15, 0.2) is 12.7 Å². The first-order chi connectivity index (χ1) is 12.7. The number of hydrogen-bond donors (Lipinski definition) is 1. The Kier molecular flexibility index (Phi) is 18.6. The average molecular weight is 429 g/mol. The Bertz CT molecular complexity index is 548. The number of carbonyl (C=O) groups excluding carboxylic acids is 2. The summed E-state index contributed by atoms with van der Waals surface area (Å²) in [7, 11) is -4.89. The summed E-state index contributed by atoms with van der Waals surface area (Å²) in [4.78, 5) is 22.4. The van der Waals surface area contributed by atoms with Crippen molar-refractivity contribution in [2.24, 2.45) is 0 Å². The van der Waals surface area contributed by atoms with Crippen molar-refractivity contribution in [2.45, 2.75) is 95.3 Å². The Morgan fingerprint density at radius 3 is 1.89 bits per heavy atom. The van der Waals surface area contributed by atoms with Crippen molar-refractivity contribution in [3.8, 4) is 0 Å². The first-order valence-corrected chi connectivity index (χ1v) is 11.2. The van der Waals surface area contributed by atoms with Crippen LogP contribution < -0.4 is 34.7 Å². The number of hydrogen-bond acceptors (Lipinski definition) is 6. The van der Waals surface area contributed by atoms with E-state index >= 15 is 0 Å². The van der Waals surface area contributed by atoms with Crippen molar-refractivity contribution in [1.29, 1.82) is 0 Å². The fourth-order valence-corrected chi connectivity index (χ4v) is 3.39.